The number of hydrogen-bond acceptors (Lipinski definition) is 4. The summed E-state index contributed by atoms with van der Waals surface area (Å²) in [5, 5.41) is 2.96. The molecule has 1 unspecified atom stereocenters. The number of pyridine rings is 1. The van der Waals surface area contributed by atoms with Gasteiger partial charge in [-0.2, -0.15) is 0 Å². The van der Waals surface area contributed by atoms with Gasteiger partial charge < -0.3 is 15.1 Å². The van der Waals surface area contributed by atoms with Gasteiger partial charge in [0.05, 0.1) is 17.9 Å². The molecule has 2 heterocycles. The third-order valence-electron chi connectivity index (χ3n) is 4.46. The molecular formula is C19H22N4O2. The van der Waals surface area contributed by atoms with E-state index in [0.29, 0.717) is 18.8 Å². The summed E-state index contributed by atoms with van der Waals surface area (Å²) in [5.41, 5.74) is 2.43. The van der Waals surface area contributed by atoms with Crippen molar-refractivity contribution in [1.82, 2.24) is 15.2 Å². The van der Waals surface area contributed by atoms with Crippen molar-refractivity contribution in [3.8, 4) is 0 Å². The molecule has 0 saturated carbocycles. The third-order valence-corrected chi connectivity index (χ3v) is 4.46. The lowest BCUT2D eigenvalue weighted by atomic mass is 10.1. The average molecular weight is 338 g/mol. The molecule has 1 saturated heterocycles. The van der Waals surface area contributed by atoms with Gasteiger partial charge in [-0.05, 0) is 24.6 Å². The molecule has 1 aliphatic heterocycles. The summed E-state index contributed by atoms with van der Waals surface area (Å²) in [6.45, 7) is 4.92. The van der Waals surface area contributed by atoms with E-state index in [4.69, 9.17) is 0 Å². The van der Waals surface area contributed by atoms with Crippen LogP contribution in [0.5, 0.6) is 0 Å². The largest absolute Gasteiger partial charge is 0.367 e. The lowest BCUT2D eigenvalue weighted by Gasteiger charge is -2.33. The van der Waals surface area contributed by atoms with E-state index in [1.165, 1.54) is 0 Å². The predicted octanol–water partition coefficient (Wildman–Crippen LogP) is 1.85. The molecule has 1 atom stereocenters. The first-order chi connectivity index (χ1) is 12.2. The maximum Gasteiger partial charge on any atom is 0.270 e. The van der Waals surface area contributed by atoms with Gasteiger partial charge in [0.1, 0.15) is 5.69 Å². The van der Waals surface area contributed by atoms with Gasteiger partial charge in [0.2, 0.25) is 6.41 Å². The van der Waals surface area contributed by atoms with Crippen LogP contribution < -0.4 is 10.2 Å². The smallest absolute Gasteiger partial charge is 0.270 e. The van der Waals surface area contributed by atoms with Crippen molar-refractivity contribution in [2.24, 2.45) is 0 Å². The Kier molecular flexibility index (Phi) is 5.28. The van der Waals surface area contributed by atoms with Gasteiger partial charge in [-0.1, -0.05) is 30.3 Å². The van der Waals surface area contributed by atoms with Crippen LogP contribution in [-0.4, -0.2) is 48.4 Å². The number of amides is 2. The summed E-state index contributed by atoms with van der Waals surface area (Å²) in [5.74, 6) is -0.186. The molecule has 1 aromatic heterocycles. The first-order valence-corrected chi connectivity index (χ1v) is 8.43. The Hall–Kier alpha value is -2.89. The molecule has 25 heavy (non-hydrogen) atoms. The number of anilines is 1. The highest BCUT2D eigenvalue weighted by atomic mass is 16.2. The molecule has 2 aromatic rings. The molecule has 1 fully saturated rings. The lowest BCUT2D eigenvalue weighted by molar-refractivity contribution is -0.118. The zero-order chi connectivity index (χ0) is 17.6. The van der Waals surface area contributed by atoms with Gasteiger partial charge in [0.25, 0.3) is 5.91 Å². The van der Waals surface area contributed by atoms with Gasteiger partial charge in [0.15, 0.2) is 0 Å². The summed E-state index contributed by atoms with van der Waals surface area (Å²) in [7, 11) is 0. The fraction of sp³-hybridized carbons (Fsp3) is 0.316. The molecule has 6 heteroatoms. The standard InChI is InChI=1S/C19H22N4O2/c1-15(16-5-3-2-4-6-16)21-19(25)18-8-7-17(13-20-18)23-11-9-22(14-24)10-12-23/h2-8,13-15H,9-12H2,1H3,(H,21,25). The zero-order valence-corrected chi connectivity index (χ0v) is 14.3. The number of hydrogen-bond donors (Lipinski definition) is 1. The molecular weight excluding hydrogens is 316 g/mol. The predicted molar refractivity (Wildman–Crippen MR) is 96.4 cm³/mol. The summed E-state index contributed by atoms with van der Waals surface area (Å²) < 4.78 is 0. The van der Waals surface area contributed by atoms with E-state index >= 15 is 0 Å². The molecule has 0 bridgehead atoms. The highest BCUT2D eigenvalue weighted by molar-refractivity contribution is 5.92. The monoisotopic (exact) mass is 338 g/mol. The minimum atomic E-state index is -0.186. The van der Waals surface area contributed by atoms with Gasteiger partial charge in [-0.3, -0.25) is 9.59 Å². The van der Waals surface area contributed by atoms with Crippen molar-refractivity contribution in [1.29, 1.82) is 0 Å². The summed E-state index contributed by atoms with van der Waals surface area (Å²) >= 11 is 0. The fourth-order valence-electron chi connectivity index (χ4n) is 2.89. The summed E-state index contributed by atoms with van der Waals surface area (Å²) in [6, 6.07) is 13.4. The second-order valence-corrected chi connectivity index (χ2v) is 6.14. The maximum absolute atomic E-state index is 12.4. The topological polar surface area (TPSA) is 65.5 Å². The van der Waals surface area contributed by atoms with E-state index in [2.05, 4.69) is 15.2 Å². The molecule has 2 amide bonds. The molecule has 0 spiro atoms. The number of carbonyl (C=O) groups is 2. The van der Waals surface area contributed by atoms with E-state index in [1.54, 1.807) is 17.2 Å². The Bertz CT molecular complexity index is 710. The van der Waals surface area contributed by atoms with Gasteiger partial charge >= 0.3 is 0 Å². The average Bonchev–Trinajstić information content (AvgIpc) is 2.69. The zero-order valence-electron chi connectivity index (χ0n) is 14.3. The normalized spacial score (nSPS) is 15.6. The Labute approximate surface area is 147 Å². The SMILES string of the molecule is CC(NC(=O)c1ccc(N2CCN(C=O)CC2)cn1)c1ccccc1. The van der Waals surface area contributed by atoms with Crippen LogP contribution in [0.1, 0.15) is 29.0 Å². The van der Waals surface area contributed by atoms with Crippen LogP contribution in [0.15, 0.2) is 48.7 Å². The van der Waals surface area contributed by atoms with Crippen molar-refractivity contribution in [3.05, 3.63) is 59.9 Å². The number of nitrogens with one attached hydrogen (secondary N) is 1. The van der Waals surface area contributed by atoms with Crippen LogP contribution in [0.25, 0.3) is 0 Å². The molecule has 0 aliphatic carbocycles. The van der Waals surface area contributed by atoms with E-state index in [9.17, 15) is 9.59 Å². The van der Waals surface area contributed by atoms with E-state index < -0.39 is 0 Å². The Morgan fingerprint density at radius 1 is 1.12 bits per heavy atom. The highest BCUT2D eigenvalue weighted by Gasteiger charge is 2.17. The van der Waals surface area contributed by atoms with Crippen molar-refractivity contribution in [2.45, 2.75) is 13.0 Å². The minimum Gasteiger partial charge on any atom is -0.367 e. The Balaban J connectivity index is 1.60. The van der Waals surface area contributed by atoms with Crippen LogP contribution in [0, 0.1) is 0 Å². The first kappa shape index (κ1) is 17.0. The van der Waals surface area contributed by atoms with Gasteiger partial charge in [-0.15, -0.1) is 0 Å². The molecule has 3 rings (SSSR count). The molecule has 0 radical (unpaired) electrons. The summed E-state index contributed by atoms with van der Waals surface area (Å²) in [4.78, 5) is 31.4. The number of nitrogens with zero attached hydrogens (tertiary/aromatic N) is 3. The van der Waals surface area contributed by atoms with Crippen molar-refractivity contribution < 1.29 is 9.59 Å². The first-order valence-electron chi connectivity index (χ1n) is 8.43. The van der Waals surface area contributed by atoms with E-state index in [1.807, 2.05) is 43.3 Å². The molecule has 130 valence electrons. The quantitative estimate of drug-likeness (QED) is 0.845. The van der Waals surface area contributed by atoms with Crippen LogP contribution >= 0.6 is 0 Å². The van der Waals surface area contributed by atoms with Crippen LogP contribution in [0.4, 0.5) is 5.69 Å². The lowest BCUT2D eigenvalue weighted by Crippen LogP contribution is -2.45. The number of rotatable bonds is 5. The second-order valence-electron chi connectivity index (χ2n) is 6.14. The number of piperazine rings is 1. The van der Waals surface area contributed by atoms with Gasteiger partial charge in [0, 0.05) is 26.2 Å². The number of aromatic nitrogens is 1. The molecule has 1 aromatic carbocycles. The van der Waals surface area contributed by atoms with Crippen molar-refractivity contribution >= 4 is 18.0 Å². The maximum atomic E-state index is 12.4. The number of carbonyl (C=O) groups excluding carboxylic acids is 2. The number of benzene rings is 1. The highest BCUT2D eigenvalue weighted by Crippen LogP contribution is 2.16. The fourth-order valence-corrected chi connectivity index (χ4v) is 2.89. The van der Waals surface area contributed by atoms with Crippen LogP contribution in [0.2, 0.25) is 0 Å². The van der Waals surface area contributed by atoms with E-state index in [-0.39, 0.29) is 11.9 Å². The van der Waals surface area contributed by atoms with Crippen LogP contribution in [0.3, 0.4) is 0 Å². The second kappa shape index (κ2) is 7.79. The third kappa shape index (κ3) is 4.15. The van der Waals surface area contributed by atoms with Crippen molar-refractivity contribution in [3.63, 3.8) is 0 Å². The van der Waals surface area contributed by atoms with Crippen molar-refractivity contribution in [2.75, 3.05) is 31.1 Å². The van der Waals surface area contributed by atoms with E-state index in [0.717, 1.165) is 30.8 Å². The van der Waals surface area contributed by atoms with Crippen LogP contribution in [-0.2, 0) is 4.79 Å². The Morgan fingerprint density at radius 2 is 1.84 bits per heavy atom. The molecule has 1 N–H and O–H groups in total. The Morgan fingerprint density at radius 3 is 2.44 bits per heavy atom. The molecule has 1 aliphatic rings. The van der Waals surface area contributed by atoms with Gasteiger partial charge in [-0.25, -0.2) is 4.98 Å². The molecule has 6 nitrogen and oxygen atoms in total. The summed E-state index contributed by atoms with van der Waals surface area (Å²) in [6.07, 6.45) is 2.61. The minimum absolute atomic E-state index is 0.0772.